The van der Waals surface area contributed by atoms with Crippen LogP contribution in [0.15, 0.2) is 65.3 Å². The molecule has 0 fully saturated rings. The summed E-state index contributed by atoms with van der Waals surface area (Å²) in [5, 5.41) is 9.52. The number of hydrogen-bond acceptors (Lipinski definition) is 7. The molecule has 0 unspecified atom stereocenters. The summed E-state index contributed by atoms with van der Waals surface area (Å²) in [7, 11) is 3.30. The summed E-state index contributed by atoms with van der Waals surface area (Å²) in [6.07, 6.45) is 2.50. The number of ether oxygens (including phenoxy) is 2. The lowest BCUT2D eigenvalue weighted by atomic mass is 10.1. The maximum atomic E-state index is 5.97. The van der Waals surface area contributed by atoms with Crippen LogP contribution in [0, 0.1) is 0 Å². The molecule has 7 nitrogen and oxygen atoms in total. The molecule has 2 aromatic carbocycles. The Kier molecular flexibility index (Phi) is 7.36. The summed E-state index contributed by atoms with van der Waals surface area (Å²) in [5.74, 6) is 3.26. The molecular formula is C23H23ClN4O3S. The standard InChI is InChI=1S/C23H23ClN4O3S/c1-29-15-17-5-3-6-19(30-2)21(17)28-22(20-7-4-13-31-20)25-26-23(28)27-32-14-12-16-8-10-18(24)11-9-16/h3-11,13H,12,14-15H2,1-2H3,(H,26,27). The summed E-state index contributed by atoms with van der Waals surface area (Å²) >= 11 is 7.52. The van der Waals surface area contributed by atoms with Gasteiger partial charge in [-0.2, -0.15) is 0 Å². The third kappa shape index (κ3) is 4.93. The van der Waals surface area contributed by atoms with Gasteiger partial charge in [0.05, 0.1) is 25.7 Å². The molecule has 2 heterocycles. The highest BCUT2D eigenvalue weighted by Gasteiger charge is 2.23. The van der Waals surface area contributed by atoms with Crippen molar-refractivity contribution >= 4 is 29.5 Å². The van der Waals surface area contributed by atoms with Crippen molar-refractivity contribution < 1.29 is 13.9 Å². The van der Waals surface area contributed by atoms with E-state index >= 15 is 0 Å². The number of nitrogens with one attached hydrogen (secondary N) is 1. The Morgan fingerprint density at radius 2 is 1.91 bits per heavy atom. The molecule has 0 aliphatic carbocycles. The van der Waals surface area contributed by atoms with Crippen LogP contribution in [0.1, 0.15) is 11.1 Å². The maximum absolute atomic E-state index is 5.97. The third-order valence-electron chi connectivity index (χ3n) is 4.80. The molecule has 0 amide bonds. The average molecular weight is 471 g/mol. The molecule has 2 aromatic heterocycles. The number of aromatic nitrogens is 3. The maximum Gasteiger partial charge on any atom is 0.239 e. The quantitative estimate of drug-likeness (QED) is 0.237. The Bertz CT molecular complexity index is 1150. The first kappa shape index (κ1) is 22.3. The number of anilines is 1. The van der Waals surface area contributed by atoms with E-state index in [4.69, 9.17) is 25.5 Å². The molecule has 1 N–H and O–H groups in total. The second-order valence-electron chi connectivity index (χ2n) is 6.89. The van der Waals surface area contributed by atoms with Crippen LogP contribution in [0.2, 0.25) is 5.02 Å². The fourth-order valence-electron chi connectivity index (χ4n) is 3.32. The van der Waals surface area contributed by atoms with E-state index in [0.717, 1.165) is 28.4 Å². The van der Waals surface area contributed by atoms with Gasteiger partial charge in [-0.05, 0) is 54.3 Å². The lowest BCUT2D eigenvalue weighted by Crippen LogP contribution is -2.08. The van der Waals surface area contributed by atoms with Gasteiger partial charge in [0.2, 0.25) is 11.8 Å². The molecule has 0 saturated heterocycles. The number of methoxy groups -OCH3 is 2. The predicted octanol–water partition coefficient (Wildman–Crippen LogP) is 5.64. The van der Waals surface area contributed by atoms with E-state index < -0.39 is 0 Å². The zero-order valence-corrected chi connectivity index (χ0v) is 19.3. The van der Waals surface area contributed by atoms with Crippen molar-refractivity contribution in [2.45, 2.75) is 13.0 Å². The van der Waals surface area contributed by atoms with Crippen LogP contribution in [0.3, 0.4) is 0 Å². The van der Waals surface area contributed by atoms with E-state index in [1.807, 2.05) is 59.2 Å². The fourth-order valence-corrected chi connectivity index (χ4v) is 4.15. The third-order valence-corrected chi connectivity index (χ3v) is 5.79. The first-order valence-electron chi connectivity index (χ1n) is 9.98. The Morgan fingerprint density at radius 1 is 1.06 bits per heavy atom. The van der Waals surface area contributed by atoms with Crippen molar-refractivity contribution in [2.75, 3.05) is 24.7 Å². The van der Waals surface area contributed by atoms with E-state index in [0.29, 0.717) is 29.9 Å². The lowest BCUT2D eigenvalue weighted by molar-refractivity contribution is 0.184. The van der Waals surface area contributed by atoms with Gasteiger partial charge in [-0.3, -0.25) is 9.29 Å². The molecule has 0 spiro atoms. The van der Waals surface area contributed by atoms with Gasteiger partial charge in [0.25, 0.3) is 0 Å². The number of rotatable bonds is 10. The number of aryl methyl sites for hydroxylation is 1. The summed E-state index contributed by atoms with van der Waals surface area (Å²) in [5.41, 5.74) is 2.95. The van der Waals surface area contributed by atoms with Crippen LogP contribution in [0.25, 0.3) is 17.3 Å². The monoisotopic (exact) mass is 470 g/mol. The summed E-state index contributed by atoms with van der Waals surface area (Å²) < 4.78 is 22.0. The topological polar surface area (TPSA) is 74.3 Å². The molecular weight excluding hydrogens is 448 g/mol. The minimum Gasteiger partial charge on any atom is -0.495 e. The van der Waals surface area contributed by atoms with Crippen molar-refractivity contribution in [3.8, 4) is 23.0 Å². The van der Waals surface area contributed by atoms with E-state index in [9.17, 15) is 0 Å². The van der Waals surface area contributed by atoms with Gasteiger partial charge >= 0.3 is 0 Å². The van der Waals surface area contributed by atoms with Gasteiger partial charge in [0.15, 0.2) is 5.76 Å². The highest BCUT2D eigenvalue weighted by Crippen LogP contribution is 2.34. The fraction of sp³-hybridized carbons (Fsp3) is 0.217. The number of nitrogens with zero attached hydrogens (tertiary/aromatic N) is 3. The summed E-state index contributed by atoms with van der Waals surface area (Å²) in [4.78, 5) is 0. The van der Waals surface area contributed by atoms with Crippen LogP contribution < -0.4 is 9.46 Å². The molecule has 4 rings (SSSR count). The molecule has 4 aromatic rings. The highest BCUT2D eigenvalue weighted by atomic mass is 35.5. The average Bonchev–Trinajstić information content (AvgIpc) is 3.48. The molecule has 0 saturated carbocycles. The van der Waals surface area contributed by atoms with Crippen LogP contribution >= 0.6 is 23.5 Å². The van der Waals surface area contributed by atoms with Crippen LogP contribution in [0.4, 0.5) is 5.95 Å². The van der Waals surface area contributed by atoms with Gasteiger partial charge in [-0.15, -0.1) is 10.2 Å². The molecule has 0 radical (unpaired) electrons. The zero-order valence-electron chi connectivity index (χ0n) is 17.7. The second kappa shape index (κ2) is 10.6. The Hall–Kier alpha value is -2.94. The lowest BCUT2D eigenvalue weighted by Gasteiger charge is -2.17. The van der Waals surface area contributed by atoms with Crippen molar-refractivity contribution in [3.05, 3.63) is 77.0 Å². The minimum atomic E-state index is 0.408. The number of para-hydroxylation sites is 1. The van der Waals surface area contributed by atoms with E-state index in [2.05, 4.69) is 14.9 Å². The van der Waals surface area contributed by atoms with E-state index in [1.165, 1.54) is 5.56 Å². The second-order valence-corrected chi connectivity index (χ2v) is 8.23. The SMILES string of the molecule is COCc1cccc(OC)c1-n1c(NSCCc2ccc(Cl)cc2)nnc1-c1ccco1. The number of benzene rings is 2. The van der Waals surface area contributed by atoms with Crippen LogP contribution in [-0.4, -0.2) is 34.7 Å². The number of hydrogen-bond donors (Lipinski definition) is 1. The van der Waals surface area contributed by atoms with Crippen molar-refractivity contribution in [1.82, 2.24) is 14.8 Å². The molecule has 166 valence electrons. The molecule has 9 heteroatoms. The van der Waals surface area contributed by atoms with Gasteiger partial charge in [0, 0.05) is 23.4 Å². The first-order valence-corrected chi connectivity index (χ1v) is 11.3. The van der Waals surface area contributed by atoms with Crippen molar-refractivity contribution in [2.24, 2.45) is 0 Å². The molecule has 0 aliphatic heterocycles. The predicted molar refractivity (Wildman–Crippen MR) is 128 cm³/mol. The zero-order chi connectivity index (χ0) is 22.3. The minimum absolute atomic E-state index is 0.408. The van der Waals surface area contributed by atoms with Crippen molar-refractivity contribution in [3.63, 3.8) is 0 Å². The largest absolute Gasteiger partial charge is 0.495 e. The molecule has 0 aliphatic rings. The van der Waals surface area contributed by atoms with Gasteiger partial charge in [-0.1, -0.05) is 35.9 Å². The van der Waals surface area contributed by atoms with Gasteiger partial charge < -0.3 is 13.9 Å². The van der Waals surface area contributed by atoms with Crippen LogP contribution in [-0.2, 0) is 17.8 Å². The van der Waals surface area contributed by atoms with Gasteiger partial charge in [-0.25, -0.2) is 0 Å². The summed E-state index contributed by atoms with van der Waals surface area (Å²) in [6, 6.07) is 17.4. The molecule has 0 atom stereocenters. The molecule has 32 heavy (non-hydrogen) atoms. The Morgan fingerprint density at radius 3 is 2.62 bits per heavy atom. The first-order chi connectivity index (χ1) is 15.7. The number of halogens is 1. The Labute approximate surface area is 195 Å². The van der Waals surface area contributed by atoms with Crippen LogP contribution in [0.5, 0.6) is 5.75 Å². The number of furan rings is 1. The molecule has 0 bridgehead atoms. The van der Waals surface area contributed by atoms with E-state index in [-0.39, 0.29) is 0 Å². The highest BCUT2D eigenvalue weighted by molar-refractivity contribution is 8.00. The summed E-state index contributed by atoms with van der Waals surface area (Å²) in [6.45, 7) is 0.408. The van der Waals surface area contributed by atoms with Crippen molar-refractivity contribution in [1.29, 1.82) is 0 Å². The Balaban J connectivity index is 1.64. The normalized spacial score (nSPS) is 11.0. The van der Waals surface area contributed by atoms with Gasteiger partial charge in [0.1, 0.15) is 5.75 Å². The van der Waals surface area contributed by atoms with E-state index in [1.54, 1.807) is 32.4 Å². The smallest absolute Gasteiger partial charge is 0.239 e.